The van der Waals surface area contributed by atoms with Gasteiger partial charge in [0.1, 0.15) is 28.7 Å². The zero-order chi connectivity index (χ0) is 60.8. The van der Waals surface area contributed by atoms with E-state index in [-0.39, 0.29) is 47.0 Å². The maximum atomic E-state index is 14.8. The molecule has 7 aromatic carbocycles. The van der Waals surface area contributed by atoms with Crippen molar-refractivity contribution in [1.29, 1.82) is 0 Å². The quantitative estimate of drug-likeness (QED) is 0.0160. The third-order valence-electron chi connectivity index (χ3n) is 17.3. The van der Waals surface area contributed by atoms with Crippen LogP contribution >= 0.6 is 0 Å². The topological polar surface area (TPSA) is 114 Å². The summed E-state index contributed by atoms with van der Waals surface area (Å²) in [5.41, 5.74) is 2.12. The van der Waals surface area contributed by atoms with Gasteiger partial charge in [-0.2, -0.15) is 0 Å². The van der Waals surface area contributed by atoms with E-state index in [1.165, 1.54) is 147 Å². The largest absolute Gasteiger partial charge is 0.493 e. The first kappa shape index (κ1) is 66.0. The Balaban J connectivity index is 1.28. The van der Waals surface area contributed by atoms with Crippen LogP contribution in [0.3, 0.4) is 0 Å². The summed E-state index contributed by atoms with van der Waals surface area (Å²) in [6.45, 7) is 8.07. The predicted molar refractivity (Wildman–Crippen MR) is 358 cm³/mol. The highest BCUT2D eigenvalue weighted by Crippen LogP contribution is 2.51. The first-order valence-corrected chi connectivity index (χ1v) is 33.9. The molecule has 0 spiro atoms. The summed E-state index contributed by atoms with van der Waals surface area (Å²) in [4.78, 5) is 57.5. The van der Waals surface area contributed by atoms with E-state index in [1.807, 2.05) is 84.9 Å². The average molecular weight is 1180 g/mol. The van der Waals surface area contributed by atoms with Gasteiger partial charge in [0.05, 0.1) is 32.7 Å². The first-order valence-electron chi connectivity index (χ1n) is 33.9. The fourth-order valence-electron chi connectivity index (χ4n) is 12.5. The highest BCUT2D eigenvalue weighted by atomic mass is 16.5. The molecule has 0 aromatic heterocycles. The maximum Gasteiger partial charge on any atom is 0.315 e. The molecule has 1 aliphatic carbocycles. The summed E-state index contributed by atoms with van der Waals surface area (Å²) in [5.74, 6) is 0.565. The van der Waals surface area contributed by atoms with Crippen LogP contribution in [0.4, 0.5) is 0 Å². The van der Waals surface area contributed by atoms with Crippen LogP contribution in [0.25, 0.3) is 43.1 Å². The molecule has 9 nitrogen and oxygen atoms in total. The van der Waals surface area contributed by atoms with Crippen molar-refractivity contribution >= 4 is 66.6 Å². The second-order valence-corrected chi connectivity index (χ2v) is 24.3. The van der Waals surface area contributed by atoms with Gasteiger partial charge < -0.3 is 23.7 Å². The number of allylic oxidation sites excluding steroid dienone is 2. The zero-order valence-corrected chi connectivity index (χ0v) is 52.9. The number of hydrogen-bond donors (Lipinski definition) is 0. The fraction of sp³-hybridized carbons (Fsp3) is 0.487. The normalized spacial score (nSPS) is 12.2. The zero-order valence-electron chi connectivity index (χ0n) is 52.9. The molecule has 9 heteroatoms. The molecule has 0 aliphatic heterocycles. The third-order valence-corrected chi connectivity index (χ3v) is 17.3. The highest BCUT2D eigenvalue weighted by Gasteiger charge is 2.30. The van der Waals surface area contributed by atoms with Crippen molar-refractivity contribution in [3.05, 3.63) is 138 Å². The van der Waals surface area contributed by atoms with Gasteiger partial charge >= 0.3 is 11.9 Å². The monoisotopic (exact) mass is 1180 g/mol. The highest BCUT2D eigenvalue weighted by molar-refractivity contribution is 6.37. The van der Waals surface area contributed by atoms with Crippen LogP contribution in [-0.2, 0) is 22.4 Å². The maximum absolute atomic E-state index is 14.8. The third kappa shape index (κ3) is 19.5. The summed E-state index contributed by atoms with van der Waals surface area (Å²) in [6.07, 6.45) is 38.2. The van der Waals surface area contributed by atoms with Crippen LogP contribution in [0, 0.1) is 0 Å². The Morgan fingerprint density at radius 2 is 0.667 bits per heavy atom. The number of rotatable bonds is 42. The van der Waals surface area contributed by atoms with Gasteiger partial charge in [0, 0.05) is 54.2 Å². The van der Waals surface area contributed by atoms with Crippen LogP contribution < -0.4 is 23.7 Å². The Hall–Kier alpha value is -7.00. The standard InChI is InChI=1S/C78H98O9/c1-4-7-10-13-16-19-22-25-28-37-50-83-69-55-62-65(79)46-47-66(80)74(62)76-60(69)44-45-61-70(84-51-38-29-26-23-20-17-14-11-8-5-2)57-64-71(85-52-39-30-27-24-21-18-15-12-9-6-3)56-63-67(86-72(81)53-58-40-33-31-34-41-58)48-49-68(75(63)78(64)77(61)76)87-73(82)54-59-42-35-32-36-43-59/h31-36,40-49,55-57H,4-30,37-39,50-54H2,1-3H3. The molecule has 0 atom stereocenters. The van der Waals surface area contributed by atoms with Gasteiger partial charge in [-0.1, -0.05) is 255 Å². The number of carbonyl (C=O) groups is 4. The summed E-state index contributed by atoms with van der Waals surface area (Å²) in [7, 11) is 0. The minimum atomic E-state index is -0.484. The van der Waals surface area contributed by atoms with Gasteiger partial charge in [-0.3, -0.25) is 19.2 Å². The Morgan fingerprint density at radius 1 is 0.322 bits per heavy atom. The molecule has 0 saturated carbocycles. The van der Waals surface area contributed by atoms with E-state index in [1.54, 1.807) is 18.2 Å². The van der Waals surface area contributed by atoms with Gasteiger partial charge in [-0.25, -0.2) is 0 Å². The summed E-state index contributed by atoms with van der Waals surface area (Å²) in [6, 6.07) is 32.1. The molecule has 0 fully saturated rings. The minimum Gasteiger partial charge on any atom is -0.493 e. The number of carbonyl (C=O) groups excluding carboxylic acids is 4. The number of ether oxygens (including phenoxy) is 5. The Labute approximate surface area is 519 Å². The van der Waals surface area contributed by atoms with Crippen molar-refractivity contribution < 1.29 is 42.9 Å². The Bertz CT molecular complexity index is 3340. The van der Waals surface area contributed by atoms with E-state index in [2.05, 4.69) is 20.8 Å². The molecular formula is C78H98O9. The molecule has 87 heavy (non-hydrogen) atoms. The molecule has 0 amide bonds. The summed E-state index contributed by atoms with van der Waals surface area (Å²) in [5, 5.41) is 4.74. The van der Waals surface area contributed by atoms with E-state index in [9.17, 15) is 19.2 Å². The first-order chi connectivity index (χ1) is 42.8. The molecule has 0 bridgehead atoms. The molecule has 0 saturated heterocycles. The van der Waals surface area contributed by atoms with Crippen LogP contribution in [0.5, 0.6) is 28.7 Å². The van der Waals surface area contributed by atoms with E-state index < -0.39 is 11.9 Å². The lowest BCUT2D eigenvalue weighted by molar-refractivity contribution is -0.134. The molecule has 464 valence electrons. The van der Waals surface area contributed by atoms with Crippen molar-refractivity contribution in [2.45, 2.75) is 226 Å². The van der Waals surface area contributed by atoms with Crippen molar-refractivity contribution in [1.82, 2.24) is 0 Å². The number of ketones is 2. The number of unbranched alkanes of at least 4 members (excludes halogenated alkanes) is 27. The van der Waals surface area contributed by atoms with E-state index in [0.29, 0.717) is 80.2 Å². The molecule has 7 aromatic rings. The van der Waals surface area contributed by atoms with Crippen LogP contribution in [-0.4, -0.2) is 43.3 Å². The lowest BCUT2D eigenvalue weighted by Gasteiger charge is -2.23. The van der Waals surface area contributed by atoms with Crippen LogP contribution in [0.2, 0.25) is 0 Å². The van der Waals surface area contributed by atoms with E-state index in [4.69, 9.17) is 23.7 Å². The number of benzene rings is 7. The lowest BCUT2D eigenvalue weighted by Crippen LogP contribution is -2.14. The van der Waals surface area contributed by atoms with Crippen molar-refractivity contribution in [2.24, 2.45) is 0 Å². The van der Waals surface area contributed by atoms with Gasteiger partial charge in [-0.05, 0) is 85.0 Å². The molecule has 0 unspecified atom stereocenters. The molecule has 0 N–H and O–H groups in total. The molecule has 0 radical (unpaired) electrons. The fourth-order valence-corrected chi connectivity index (χ4v) is 12.5. The lowest BCUT2D eigenvalue weighted by atomic mass is 9.84. The van der Waals surface area contributed by atoms with Gasteiger partial charge in [0.15, 0.2) is 11.6 Å². The molecule has 1 aliphatic rings. The SMILES string of the molecule is CCCCCCCCCCCCOc1cc2c(c3c1ccc1c(OCCCCCCCCCCCC)cc4c(OCCCCCCCCCCCC)cc5c(OC(=O)Cc6ccccc6)ccc(OC(=O)Cc6ccccc6)c5c4c13)C(=O)C=CC2=O. The second kappa shape index (κ2) is 36.3. The summed E-state index contributed by atoms with van der Waals surface area (Å²) >= 11 is 0. The molecular weight excluding hydrogens is 1080 g/mol. The Morgan fingerprint density at radius 3 is 1.11 bits per heavy atom. The minimum absolute atomic E-state index is 0.00492. The number of hydrogen-bond acceptors (Lipinski definition) is 9. The van der Waals surface area contributed by atoms with E-state index in [0.717, 1.165) is 68.9 Å². The van der Waals surface area contributed by atoms with Gasteiger partial charge in [-0.15, -0.1) is 0 Å². The Kier molecular flexibility index (Phi) is 27.6. The smallest absolute Gasteiger partial charge is 0.315 e. The predicted octanol–water partition coefficient (Wildman–Crippen LogP) is 21.4. The van der Waals surface area contributed by atoms with Crippen molar-refractivity contribution in [2.75, 3.05) is 19.8 Å². The second-order valence-electron chi connectivity index (χ2n) is 24.3. The van der Waals surface area contributed by atoms with Crippen molar-refractivity contribution in [3.63, 3.8) is 0 Å². The number of esters is 2. The summed E-state index contributed by atoms with van der Waals surface area (Å²) < 4.78 is 33.7. The van der Waals surface area contributed by atoms with E-state index >= 15 is 0 Å². The molecule has 0 heterocycles. The van der Waals surface area contributed by atoms with Crippen LogP contribution in [0.1, 0.15) is 245 Å². The average Bonchev–Trinajstić information content (AvgIpc) is 0.761. The molecule has 8 rings (SSSR count). The van der Waals surface area contributed by atoms with Crippen LogP contribution in [0.15, 0.2) is 115 Å². The van der Waals surface area contributed by atoms with Gasteiger partial charge in [0.25, 0.3) is 0 Å². The van der Waals surface area contributed by atoms with Crippen molar-refractivity contribution in [3.8, 4) is 28.7 Å². The number of fused-ring (bicyclic) bond motifs is 9. The van der Waals surface area contributed by atoms with Gasteiger partial charge in [0.2, 0.25) is 0 Å².